The summed E-state index contributed by atoms with van der Waals surface area (Å²) in [5.74, 6) is -4.31. The van der Waals surface area contributed by atoms with Crippen molar-refractivity contribution >= 4 is 23.4 Å². The highest BCUT2D eigenvalue weighted by molar-refractivity contribution is 5.98. The van der Waals surface area contributed by atoms with Crippen molar-refractivity contribution in [3.8, 4) is 6.07 Å². The van der Waals surface area contributed by atoms with E-state index in [1.165, 1.54) is 23.1 Å². The van der Waals surface area contributed by atoms with Crippen LogP contribution in [0.2, 0.25) is 0 Å². The number of carbonyl (C=O) groups excluding carboxylic acids is 2. The van der Waals surface area contributed by atoms with Crippen LogP contribution in [0.3, 0.4) is 0 Å². The van der Waals surface area contributed by atoms with Gasteiger partial charge in [-0.05, 0) is 12.1 Å². The van der Waals surface area contributed by atoms with Crippen LogP contribution in [0.4, 0.5) is 33.5 Å². The predicted molar refractivity (Wildman–Crippen MR) is 98.7 cm³/mol. The van der Waals surface area contributed by atoms with Crippen molar-refractivity contribution in [2.45, 2.75) is 30.7 Å². The first-order chi connectivity index (χ1) is 15.4. The van der Waals surface area contributed by atoms with Gasteiger partial charge in [-0.3, -0.25) is 9.48 Å². The van der Waals surface area contributed by atoms with Crippen molar-refractivity contribution in [3.05, 3.63) is 36.0 Å². The molecule has 5 N–H and O–H groups in total. The van der Waals surface area contributed by atoms with Gasteiger partial charge >= 0.3 is 6.18 Å². The van der Waals surface area contributed by atoms with E-state index in [-0.39, 0.29) is 24.3 Å². The average molecular weight is 475 g/mol. The van der Waals surface area contributed by atoms with Gasteiger partial charge in [0, 0.05) is 12.6 Å². The Morgan fingerprint density at radius 2 is 2.09 bits per heavy atom. The summed E-state index contributed by atoms with van der Waals surface area (Å²) >= 11 is 0. The highest BCUT2D eigenvalue weighted by atomic mass is 19.4. The van der Waals surface area contributed by atoms with Crippen LogP contribution in [0.15, 0.2) is 24.5 Å². The Balaban J connectivity index is 0.000000479. The number of hydrogen-bond acceptors (Lipinski definition) is 7. The molecule has 1 aliphatic rings. The Bertz CT molecular complexity index is 1040. The molecule has 0 aliphatic carbocycles. The molecule has 2 aromatic heterocycles. The van der Waals surface area contributed by atoms with E-state index in [2.05, 4.69) is 15.4 Å². The first-order valence-corrected chi connectivity index (χ1v) is 9.30. The van der Waals surface area contributed by atoms with Gasteiger partial charge in [-0.2, -0.15) is 27.9 Å². The van der Waals surface area contributed by atoms with Crippen LogP contribution in [-0.2, 0) is 10.3 Å². The summed E-state index contributed by atoms with van der Waals surface area (Å²) in [6.07, 6.45) is -3.61. The van der Waals surface area contributed by atoms with Crippen molar-refractivity contribution in [1.82, 2.24) is 14.8 Å². The predicted octanol–water partition coefficient (Wildman–Crippen LogP) is -0.528. The zero-order chi connectivity index (χ0) is 24.8. The number of alkyl halides is 4. The number of carboxylic acids is 1. The van der Waals surface area contributed by atoms with Gasteiger partial charge in [-0.25, -0.2) is 9.37 Å². The van der Waals surface area contributed by atoms with Gasteiger partial charge in [0.1, 0.15) is 23.6 Å². The quantitative estimate of drug-likeness (QED) is 0.386. The number of rotatable bonds is 5. The van der Waals surface area contributed by atoms with Crippen LogP contribution in [0.1, 0.15) is 23.2 Å². The topological polar surface area (TPSA) is 166 Å². The van der Waals surface area contributed by atoms with Crippen LogP contribution in [0.25, 0.3) is 0 Å². The molecule has 0 spiro atoms. The maximum Gasteiger partial charge on any atom is 0.430 e. The van der Waals surface area contributed by atoms with E-state index in [1.807, 2.05) is 11.4 Å². The molecule has 1 fully saturated rings. The third-order valence-corrected chi connectivity index (χ3v) is 4.78. The molecule has 1 saturated heterocycles. The summed E-state index contributed by atoms with van der Waals surface area (Å²) in [5, 5.41) is 26.9. The minimum atomic E-state index is -5.19. The number of piperidine rings is 1. The maximum absolute atomic E-state index is 14.8. The number of hydrogen-bond donors (Lipinski definition) is 3. The van der Waals surface area contributed by atoms with Crippen molar-refractivity contribution < 1.29 is 42.0 Å². The van der Waals surface area contributed by atoms with Crippen LogP contribution < -0.4 is 21.5 Å². The lowest BCUT2D eigenvalue weighted by Gasteiger charge is -2.37. The third-order valence-electron chi connectivity index (χ3n) is 4.78. The lowest BCUT2D eigenvalue weighted by molar-refractivity contribution is -0.673. The van der Waals surface area contributed by atoms with Gasteiger partial charge in [-0.1, -0.05) is 0 Å². The second-order valence-corrected chi connectivity index (χ2v) is 6.95. The number of anilines is 2. The standard InChI is InChI=1S/C16H17F2N7O.C2HF3O2/c17-12-8-21-6-4-16(12,3-5-19)25-9-11(14(20)26)15(24-25)23-10-1-2-13(18)22-7-10;3-2(4,5)1(6)7/h1-2,7,9,12,21H,3-4,6,8H2,(H2,20,26)(H,23,24);(H,6,7)/t12-,16-;/m0./s1. The molecule has 0 aromatic carbocycles. The Hall–Kier alpha value is -3.80. The van der Waals surface area contributed by atoms with Crippen molar-refractivity contribution in [2.75, 3.05) is 18.4 Å². The number of nitriles is 1. The minimum Gasteiger partial charge on any atom is -0.542 e. The maximum atomic E-state index is 14.8. The first-order valence-electron chi connectivity index (χ1n) is 9.30. The molecule has 3 rings (SSSR count). The zero-order valence-corrected chi connectivity index (χ0v) is 16.8. The number of halogens is 5. The molecule has 2 aromatic rings. The Kier molecular flexibility index (Phi) is 7.88. The number of amides is 1. The van der Waals surface area contributed by atoms with E-state index >= 15 is 0 Å². The molecule has 1 aliphatic heterocycles. The fourth-order valence-corrected chi connectivity index (χ4v) is 3.13. The molecule has 178 valence electrons. The Morgan fingerprint density at radius 3 is 2.58 bits per heavy atom. The number of aromatic nitrogens is 3. The van der Waals surface area contributed by atoms with Crippen molar-refractivity contribution in [3.63, 3.8) is 0 Å². The summed E-state index contributed by atoms with van der Waals surface area (Å²) in [7, 11) is 0. The minimum absolute atomic E-state index is 0.0494. The van der Waals surface area contributed by atoms with E-state index in [4.69, 9.17) is 15.6 Å². The van der Waals surface area contributed by atoms with Gasteiger partial charge in [0.15, 0.2) is 12.0 Å². The summed E-state index contributed by atoms with van der Waals surface area (Å²) in [4.78, 5) is 24.1. The zero-order valence-electron chi connectivity index (χ0n) is 16.8. The van der Waals surface area contributed by atoms with Gasteiger partial charge in [-0.15, -0.1) is 0 Å². The highest BCUT2D eigenvalue weighted by Gasteiger charge is 2.46. The first kappa shape index (κ1) is 25.5. The summed E-state index contributed by atoms with van der Waals surface area (Å²) < 4.78 is 60.6. The molecule has 2 atom stereocenters. The van der Waals surface area contributed by atoms with Gasteiger partial charge in [0.2, 0.25) is 5.95 Å². The number of aliphatic carboxylic acids is 1. The Labute approximate surface area is 183 Å². The number of nitrogens with two attached hydrogens (primary N) is 2. The molecule has 0 bridgehead atoms. The summed E-state index contributed by atoms with van der Waals surface area (Å²) in [6, 6.07) is 4.59. The summed E-state index contributed by atoms with van der Waals surface area (Å²) in [6.45, 7) is 0.844. The normalized spacial score (nSPS) is 20.2. The largest absolute Gasteiger partial charge is 0.542 e. The molecule has 0 saturated carbocycles. The van der Waals surface area contributed by atoms with Crippen LogP contribution >= 0.6 is 0 Å². The van der Waals surface area contributed by atoms with E-state index in [9.17, 15) is 32.0 Å². The number of primary amides is 1. The molecule has 0 unspecified atom stereocenters. The number of quaternary nitrogens is 1. The van der Waals surface area contributed by atoms with E-state index < -0.39 is 35.7 Å². The van der Waals surface area contributed by atoms with Gasteiger partial charge in [0.25, 0.3) is 5.91 Å². The van der Waals surface area contributed by atoms with Crippen molar-refractivity contribution in [1.29, 1.82) is 5.26 Å². The number of nitrogens with zero attached hydrogens (tertiary/aromatic N) is 4. The van der Waals surface area contributed by atoms with Crippen LogP contribution in [0.5, 0.6) is 0 Å². The second-order valence-electron chi connectivity index (χ2n) is 6.95. The smallest absolute Gasteiger partial charge is 0.430 e. The lowest BCUT2D eigenvalue weighted by Crippen LogP contribution is -2.90. The number of carboxylic acid groups (broad SMARTS) is 1. The third kappa shape index (κ3) is 6.13. The lowest BCUT2D eigenvalue weighted by atomic mass is 9.84. The van der Waals surface area contributed by atoms with E-state index in [1.54, 1.807) is 0 Å². The second kappa shape index (κ2) is 10.2. The fourth-order valence-electron chi connectivity index (χ4n) is 3.13. The van der Waals surface area contributed by atoms with Gasteiger partial charge in [0.05, 0.1) is 30.9 Å². The number of nitrogens with one attached hydrogen (secondary N) is 1. The van der Waals surface area contributed by atoms with E-state index in [0.29, 0.717) is 18.7 Å². The number of pyridine rings is 1. The monoisotopic (exact) mass is 475 g/mol. The highest BCUT2D eigenvalue weighted by Crippen LogP contribution is 2.33. The van der Waals surface area contributed by atoms with Gasteiger partial charge < -0.3 is 26.3 Å². The molecule has 3 heterocycles. The van der Waals surface area contributed by atoms with Crippen LogP contribution in [0, 0.1) is 17.3 Å². The molecular weight excluding hydrogens is 457 g/mol. The summed E-state index contributed by atoms with van der Waals surface area (Å²) in [5.41, 5.74) is 4.70. The molecule has 33 heavy (non-hydrogen) atoms. The fraction of sp³-hybridized carbons (Fsp3) is 0.389. The molecule has 15 heteroatoms. The molecule has 1 amide bonds. The van der Waals surface area contributed by atoms with Crippen LogP contribution in [-0.4, -0.2) is 52.1 Å². The SMILES string of the molecule is N#CC[C@]1(n2cc(C(N)=O)c(Nc3ccc(F)nc3)n2)CC[NH2+]C[C@@H]1F.O=C([O-])C(F)(F)F. The molecule has 10 nitrogen and oxygen atoms in total. The van der Waals surface area contributed by atoms with Crippen molar-refractivity contribution in [2.24, 2.45) is 5.73 Å². The van der Waals surface area contributed by atoms with E-state index in [0.717, 1.165) is 6.07 Å². The average Bonchev–Trinajstić information content (AvgIpc) is 3.16. The molecular formula is C18H18F5N7O3. The molecule has 0 radical (unpaired) electrons. The Morgan fingerprint density at radius 1 is 1.42 bits per heavy atom. The number of carbonyl (C=O) groups is 2.